The van der Waals surface area contributed by atoms with E-state index in [4.69, 9.17) is 9.47 Å². The predicted molar refractivity (Wildman–Crippen MR) is 105 cm³/mol. The number of hydrazone groups is 1. The van der Waals surface area contributed by atoms with Gasteiger partial charge in [-0.2, -0.15) is 5.10 Å². The van der Waals surface area contributed by atoms with Crippen LogP contribution in [0.15, 0.2) is 66.1 Å². The lowest BCUT2D eigenvalue weighted by atomic mass is 10.1. The largest absolute Gasteiger partial charge is 0.495 e. The van der Waals surface area contributed by atoms with Crippen molar-refractivity contribution in [1.82, 2.24) is 14.9 Å². The Kier molecular flexibility index (Phi) is 4.57. The predicted octanol–water partition coefficient (Wildman–Crippen LogP) is 2.95. The Balaban J connectivity index is 1.47. The monoisotopic (exact) mass is 376 g/mol. The van der Waals surface area contributed by atoms with E-state index < -0.39 is 0 Å². The molecule has 0 N–H and O–H groups in total. The number of benzene rings is 1. The van der Waals surface area contributed by atoms with Gasteiger partial charge in [-0.3, -0.25) is 19.7 Å². The quantitative estimate of drug-likeness (QED) is 0.821. The number of amidine groups is 1. The van der Waals surface area contributed by atoms with Crippen LogP contribution in [0.4, 0.5) is 0 Å². The van der Waals surface area contributed by atoms with Gasteiger partial charge in [-0.05, 0) is 42.0 Å². The second-order valence-corrected chi connectivity index (χ2v) is 6.49. The minimum absolute atomic E-state index is 0.0904. The highest BCUT2D eigenvalue weighted by Crippen LogP contribution is 2.28. The molecule has 142 valence electrons. The van der Waals surface area contributed by atoms with Crippen LogP contribution in [0.2, 0.25) is 0 Å². The van der Waals surface area contributed by atoms with Crippen LogP contribution in [0.25, 0.3) is 0 Å². The summed E-state index contributed by atoms with van der Waals surface area (Å²) in [5.41, 5.74) is 3.13. The Bertz CT molecular complexity index is 995. The molecule has 28 heavy (non-hydrogen) atoms. The Labute approximate surface area is 163 Å². The zero-order valence-electron chi connectivity index (χ0n) is 15.8. The van der Waals surface area contributed by atoms with Crippen molar-refractivity contribution in [3.63, 3.8) is 0 Å². The van der Waals surface area contributed by atoms with Crippen molar-refractivity contribution < 1.29 is 14.3 Å². The lowest BCUT2D eigenvalue weighted by Crippen LogP contribution is -2.33. The summed E-state index contributed by atoms with van der Waals surface area (Å²) >= 11 is 0. The molecule has 0 radical (unpaired) electrons. The molecule has 7 nitrogen and oxygen atoms in total. The molecule has 0 spiro atoms. The molecule has 0 atom stereocenters. The normalized spacial score (nSPS) is 15.6. The number of nitrogens with zero attached hydrogens (tertiary/aromatic N) is 4. The van der Waals surface area contributed by atoms with E-state index >= 15 is 0 Å². The number of rotatable bonds is 4. The number of aromatic nitrogens is 1. The summed E-state index contributed by atoms with van der Waals surface area (Å²) in [5, 5.41) is 6.06. The maximum Gasteiger partial charge on any atom is 0.260 e. The third-order valence-corrected chi connectivity index (χ3v) is 4.67. The van der Waals surface area contributed by atoms with Crippen molar-refractivity contribution in [2.75, 3.05) is 14.2 Å². The number of amides is 1. The van der Waals surface area contributed by atoms with Crippen molar-refractivity contribution in [2.45, 2.75) is 13.2 Å². The third kappa shape index (κ3) is 3.34. The number of allylic oxidation sites excluding steroid dienone is 1. The highest BCUT2D eigenvalue weighted by Gasteiger charge is 2.31. The van der Waals surface area contributed by atoms with Crippen molar-refractivity contribution >= 4 is 11.7 Å². The molecule has 0 unspecified atom stereocenters. The van der Waals surface area contributed by atoms with Gasteiger partial charge in [-0.1, -0.05) is 12.6 Å². The first-order chi connectivity index (χ1) is 13.5. The van der Waals surface area contributed by atoms with Gasteiger partial charge in [0.25, 0.3) is 5.91 Å². The number of methoxy groups -OCH3 is 1. The lowest BCUT2D eigenvalue weighted by Gasteiger charge is -2.23. The van der Waals surface area contributed by atoms with Gasteiger partial charge in [0, 0.05) is 12.6 Å². The fourth-order valence-corrected chi connectivity index (χ4v) is 3.00. The van der Waals surface area contributed by atoms with Crippen LogP contribution >= 0.6 is 0 Å². The van der Waals surface area contributed by atoms with E-state index in [0.29, 0.717) is 36.0 Å². The second kappa shape index (κ2) is 7.19. The molecule has 4 rings (SSSR count). The van der Waals surface area contributed by atoms with Crippen molar-refractivity contribution in [3.8, 4) is 11.5 Å². The number of hydrogen-bond acceptors (Lipinski definition) is 6. The molecule has 0 aliphatic carbocycles. The van der Waals surface area contributed by atoms with Crippen LogP contribution in [0.5, 0.6) is 11.5 Å². The van der Waals surface area contributed by atoms with Gasteiger partial charge < -0.3 is 9.47 Å². The summed E-state index contributed by atoms with van der Waals surface area (Å²) in [6.45, 7) is 4.67. The zero-order chi connectivity index (χ0) is 19.7. The van der Waals surface area contributed by atoms with Gasteiger partial charge in [0.05, 0.1) is 31.2 Å². The first kappa shape index (κ1) is 17.8. The summed E-state index contributed by atoms with van der Waals surface area (Å²) in [6.07, 6.45) is 5.29. The molecule has 2 aliphatic heterocycles. The Hall–Kier alpha value is -3.61. The first-order valence-electron chi connectivity index (χ1n) is 8.81. The van der Waals surface area contributed by atoms with E-state index in [9.17, 15) is 4.79 Å². The molecule has 0 bridgehead atoms. The van der Waals surface area contributed by atoms with Crippen molar-refractivity contribution in [1.29, 1.82) is 0 Å². The Morgan fingerprint density at radius 1 is 1.18 bits per heavy atom. The topological polar surface area (TPSA) is 67.3 Å². The zero-order valence-corrected chi connectivity index (χ0v) is 15.8. The molecule has 0 saturated heterocycles. The fourth-order valence-electron chi connectivity index (χ4n) is 3.00. The summed E-state index contributed by atoms with van der Waals surface area (Å²) in [4.78, 5) is 18.8. The second-order valence-electron chi connectivity index (χ2n) is 6.49. The number of carbonyl (C=O) groups is 1. The number of likely N-dealkylation sites (N-methyl/N-ethyl adjacent to an activating group) is 1. The van der Waals surface area contributed by atoms with Crippen LogP contribution in [-0.4, -0.2) is 40.8 Å². The van der Waals surface area contributed by atoms with E-state index in [0.717, 1.165) is 17.0 Å². The summed E-state index contributed by atoms with van der Waals surface area (Å²) in [7, 11) is 3.40. The maximum atomic E-state index is 12.9. The Morgan fingerprint density at radius 2 is 2.00 bits per heavy atom. The smallest absolute Gasteiger partial charge is 0.260 e. The molecule has 3 heterocycles. The minimum atomic E-state index is -0.0904. The van der Waals surface area contributed by atoms with Crippen molar-refractivity contribution in [2.24, 2.45) is 5.10 Å². The molecule has 1 aromatic heterocycles. The fraction of sp³-hybridized carbons (Fsp3) is 0.190. The molecule has 0 fully saturated rings. The summed E-state index contributed by atoms with van der Waals surface area (Å²) in [5.74, 6) is 1.83. The number of pyridine rings is 1. The SMILES string of the molecule is C=C1C=CC(N2Cc3ccc(OCc4ccc(OC)cn4)cc3C2=O)=NN1C. The first-order valence-corrected chi connectivity index (χ1v) is 8.81. The van der Waals surface area contributed by atoms with Crippen LogP contribution in [-0.2, 0) is 13.2 Å². The minimum Gasteiger partial charge on any atom is -0.495 e. The van der Waals surface area contributed by atoms with E-state index in [2.05, 4.69) is 16.7 Å². The van der Waals surface area contributed by atoms with Gasteiger partial charge in [0.2, 0.25) is 0 Å². The molecule has 7 heteroatoms. The van der Waals surface area contributed by atoms with E-state index in [1.54, 1.807) is 42.4 Å². The van der Waals surface area contributed by atoms with Crippen LogP contribution in [0.3, 0.4) is 0 Å². The molecule has 1 aromatic carbocycles. The molecule has 0 saturated carbocycles. The highest BCUT2D eigenvalue weighted by atomic mass is 16.5. The van der Waals surface area contributed by atoms with Crippen LogP contribution < -0.4 is 9.47 Å². The molecule has 1 amide bonds. The number of ether oxygens (including phenoxy) is 2. The molecule has 2 aliphatic rings. The van der Waals surface area contributed by atoms with E-state index in [1.165, 1.54) is 0 Å². The van der Waals surface area contributed by atoms with Gasteiger partial charge >= 0.3 is 0 Å². The third-order valence-electron chi connectivity index (χ3n) is 4.67. The Morgan fingerprint density at radius 3 is 2.71 bits per heavy atom. The lowest BCUT2D eigenvalue weighted by molar-refractivity contribution is 0.0864. The number of fused-ring (bicyclic) bond motifs is 1. The van der Waals surface area contributed by atoms with Gasteiger partial charge in [0.15, 0.2) is 5.84 Å². The van der Waals surface area contributed by atoms with Gasteiger partial charge in [-0.15, -0.1) is 0 Å². The summed E-state index contributed by atoms with van der Waals surface area (Å²) < 4.78 is 10.9. The summed E-state index contributed by atoms with van der Waals surface area (Å²) in [6, 6.07) is 9.24. The van der Waals surface area contributed by atoms with E-state index in [-0.39, 0.29) is 5.91 Å². The highest BCUT2D eigenvalue weighted by molar-refractivity contribution is 6.13. The van der Waals surface area contributed by atoms with Gasteiger partial charge in [-0.25, -0.2) is 0 Å². The number of carbonyl (C=O) groups excluding carboxylic acids is 1. The van der Waals surface area contributed by atoms with Crippen LogP contribution in [0, 0.1) is 0 Å². The van der Waals surface area contributed by atoms with Crippen molar-refractivity contribution in [3.05, 3.63) is 77.8 Å². The number of hydrogen-bond donors (Lipinski definition) is 0. The molecular weight excluding hydrogens is 356 g/mol. The standard InChI is InChI=1S/C21H20N4O3/c1-14-4-9-20(23-24(14)2)25-12-15-5-7-17(10-19(15)21(25)26)28-13-16-6-8-18(27-3)11-22-16/h4-11H,1,12-13H2,2-3H3. The molecule has 2 aromatic rings. The van der Waals surface area contributed by atoms with Crippen LogP contribution in [0.1, 0.15) is 21.6 Å². The average molecular weight is 376 g/mol. The molecular formula is C21H20N4O3. The average Bonchev–Trinajstić information content (AvgIpc) is 3.05. The maximum absolute atomic E-state index is 12.9. The van der Waals surface area contributed by atoms with Gasteiger partial charge in [0.1, 0.15) is 18.1 Å². The van der Waals surface area contributed by atoms with E-state index in [1.807, 2.05) is 30.3 Å².